The lowest BCUT2D eigenvalue weighted by Gasteiger charge is -2.25. The van der Waals surface area contributed by atoms with Gasteiger partial charge in [-0.3, -0.25) is 0 Å². The van der Waals surface area contributed by atoms with Crippen molar-refractivity contribution in [2.24, 2.45) is 5.92 Å². The van der Waals surface area contributed by atoms with Gasteiger partial charge < -0.3 is 15.7 Å². The topological polar surface area (TPSA) is 61.4 Å². The summed E-state index contributed by atoms with van der Waals surface area (Å²) >= 11 is 0. The van der Waals surface area contributed by atoms with Gasteiger partial charge >= 0.3 is 6.03 Å². The molecule has 0 heterocycles. The first kappa shape index (κ1) is 14.4. The summed E-state index contributed by atoms with van der Waals surface area (Å²) in [6.07, 6.45) is 8.83. The zero-order valence-electron chi connectivity index (χ0n) is 11.4. The lowest BCUT2D eigenvalue weighted by Crippen LogP contribution is -2.35. The molecular formula is C16H20N2O2. The second-order valence-electron chi connectivity index (χ2n) is 5.25. The maximum Gasteiger partial charge on any atom is 0.319 e. The van der Waals surface area contributed by atoms with E-state index in [9.17, 15) is 9.90 Å². The monoisotopic (exact) mass is 272 g/mol. The van der Waals surface area contributed by atoms with Crippen LogP contribution in [0.25, 0.3) is 0 Å². The first-order valence-electron chi connectivity index (χ1n) is 6.97. The van der Waals surface area contributed by atoms with Crippen molar-refractivity contribution in [3.8, 4) is 12.3 Å². The van der Waals surface area contributed by atoms with Crippen molar-refractivity contribution < 1.29 is 9.90 Å². The van der Waals surface area contributed by atoms with Crippen molar-refractivity contribution in [1.82, 2.24) is 5.32 Å². The molecule has 4 nitrogen and oxygen atoms in total. The van der Waals surface area contributed by atoms with E-state index in [1.807, 2.05) is 12.1 Å². The van der Waals surface area contributed by atoms with E-state index < -0.39 is 0 Å². The van der Waals surface area contributed by atoms with E-state index in [4.69, 9.17) is 6.42 Å². The van der Waals surface area contributed by atoms with Gasteiger partial charge in [-0.05, 0) is 43.4 Å². The number of urea groups is 1. The van der Waals surface area contributed by atoms with Crippen LogP contribution in [0, 0.1) is 18.3 Å². The van der Waals surface area contributed by atoms with Crippen LogP contribution >= 0.6 is 0 Å². The molecule has 1 aliphatic carbocycles. The summed E-state index contributed by atoms with van der Waals surface area (Å²) in [6.45, 7) is 0.595. The van der Waals surface area contributed by atoms with Crippen LogP contribution in [0.15, 0.2) is 24.3 Å². The first-order valence-corrected chi connectivity index (χ1v) is 6.97. The predicted molar refractivity (Wildman–Crippen MR) is 79.4 cm³/mol. The van der Waals surface area contributed by atoms with Gasteiger partial charge in [-0.25, -0.2) is 4.79 Å². The molecule has 0 aliphatic heterocycles. The summed E-state index contributed by atoms with van der Waals surface area (Å²) in [6, 6.07) is 6.93. The number of nitrogens with one attached hydrogen (secondary N) is 2. The molecule has 2 rings (SSSR count). The molecule has 1 aliphatic rings. The van der Waals surface area contributed by atoms with Crippen LogP contribution in [0.4, 0.5) is 10.5 Å². The quantitative estimate of drug-likeness (QED) is 0.740. The molecule has 0 radical (unpaired) electrons. The van der Waals surface area contributed by atoms with Crippen LogP contribution in [0.3, 0.4) is 0 Å². The van der Waals surface area contributed by atoms with Gasteiger partial charge in [0.15, 0.2) is 0 Å². The van der Waals surface area contributed by atoms with Crippen molar-refractivity contribution >= 4 is 11.7 Å². The zero-order chi connectivity index (χ0) is 14.4. The lowest BCUT2D eigenvalue weighted by molar-refractivity contribution is 0.101. The SMILES string of the molecule is C#Cc1cccc(NC(=O)NCC2CCCC(O)C2)c1. The van der Waals surface area contributed by atoms with Gasteiger partial charge in [-0.1, -0.05) is 18.4 Å². The van der Waals surface area contributed by atoms with E-state index in [1.54, 1.807) is 12.1 Å². The van der Waals surface area contributed by atoms with Gasteiger partial charge in [0.25, 0.3) is 0 Å². The Morgan fingerprint density at radius 1 is 1.45 bits per heavy atom. The third kappa shape index (κ3) is 4.29. The van der Waals surface area contributed by atoms with Crippen LogP contribution in [-0.2, 0) is 0 Å². The maximum absolute atomic E-state index is 11.8. The fraction of sp³-hybridized carbons (Fsp3) is 0.438. The summed E-state index contributed by atoms with van der Waals surface area (Å²) in [5.74, 6) is 2.89. The van der Waals surface area contributed by atoms with E-state index >= 15 is 0 Å². The second-order valence-corrected chi connectivity index (χ2v) is 5.25. The normalized spacial score (nSPS) is 21.8. The number of anilines is 1. The number of rotatable bonds is 3. The molecule has 2 unspecified atom stereocenters. The molecule has 0 saturated heterocycles. The van der Waals surface area contributed by atoms with Crippen molar-refractivity contribution in [3.05, 3.63) is 29.8 Å². The van der Waals surface area contributed by atoms with Gasteiger partial charge in [0, 0.05) is 17.8 Å². The largest absolute Gasteiger partial charge is 0.393 e. The average Bonchev–Trinajstić information content (AvgIpc) is 2.45. The number of hydrogen-bond donors (Lipinski definition) is 3. The Bertz CT molecular complexity index is 507. The Hall–Kier alpha value is -1.99. The number of carbonyl (C=O) groups is 1. The van der Waals surface area contributed by atoms with E-state index in [0.29, 0.717) is 18.2 Å². The van der Waals surface area contributed by atoms with Crippen LogP contribution in [-0.4, -0.2) is 23.8 Å². The Morgan fingerprint density at radius 2 is 2.30 bits per heavy atom. The Balaban J connectivity index is 1.79. The standard InChI is InChI=1S/C16H20N2O2/c1-2-12-5-3-7-14(9-12)18-16(20)17-11-13-6-4-8-15(19)10-13/h1,3,5,7,9,13,15,19H,4,6,8,10-11H2,(H2,17,18,20). The van der Waals surface area contributed by atoms with Gasteiger partial charge in [-0.15, -0.1) is 6.42 Å². The molecule has 1 fully saturated rings. The van der Waals surface area contributed by atoms with Crippen LogP contribution in [0.1, 0.15) is 31.2 Å². The molecule has 0 aromatic heterocycles. The molecule has 0 spiro atoms. The maximum atomic E-state index is 11.8. The molecule has 2 amide bonds. The molecule has 0 bridgehead atoms. The second kappa shape index (κ2) is 6.97. The van der Waals surface area contributed by atoms with Crippen LogP contribution < -0.4 is 10.6 Å². The summed E-state index contributed by atoms with van der Waals surface area (Å²) in [7, 11) is 0. The Labute approximate surface area is 119 Å². The highest BCUT2D eigenvalue weighted by Gasteiger charge is 2.20. The molecule has 2 atom stereocenters. The molecule has 1 aromatic carbocycles. The summed E-state index contributed by atoms with van der Waals surface area (Å²) in [4.78, 5) is 11.8. The number of amides is 2. The molecule has 20 heavy (non-hydrogen) atoms. The van der Waals surface area contributed by atoms with Crippen molar-refractivity contribution in [2.75, 3.05) is 11.9 Å². The summed E-state index contributed by atoms with van der Waals surface area (Å²) in [5, 5.41) is 15.2. The first-order chi connectivity index (χ1) is 9.67. The minimum absolute atomic E-state index is 0.217. The minimum atomic E-state index is -0.237. The zero-order valence-corrected chi connectivity index (χ0v) is 11.4. The van der Waals surface area contributed by atoms with Crippen molar-refractivity contribution in [2.45, 2.75) is 31.8 Å². The summed E-state index contributed by atoms with van der Waals surface area (Å²) in [5.41, 5.74) is 1.42. The highest BCUT2D eigenvalue weighted by atomic mass is 16.3. The molecule has 1 aromatic rings. The van der Waals surface area contributed by atoms with Crippen molar-refractivity contribution in [3.63, 3.8) is 0 Å². The van der Waals surface area contributed by atoms with E-state index in [2.05, 4.69) is 16.6 Å². The highest BCUT2D eigenvalue weighted by Crippen LogP contribution is 2.23. The van der Waals surface area contributed by atoms with E-state index in [0.717, 1.165) is 31.2 Å². The predicted octanol–water partition coefficient (Wildman–Crippen LogP) is 2.34. The third-order valence-electron chi connectivity index (χ3n) is 3.59. The fourth-order valence-corrected chi connectivity index (χ4v) is 2.55. The van der Waals surface area contributed by atoms with Gasteiger partial charge in [0.1, 0.15) is 0 Å². The van der Waals surface area contributed by atoms with E-state index in [1.165, 1.54) is 0 Å². The molecule has 3 N–H and O–H groups in total. The molecule has 4 heteroatoms. The average molecular weight is 272 g/mol. The van der Waals surface area contributed by atoms with Crippen LogP contribution in [0.2, 0.25) is 0 Å². The number of carbonyl (C=O) groups excluding carboxylic acids is 1. The van der Waals surface area contributed by atoms with E-state index in [-0.39, 0.29) is 12.1 Å². The third-order valence-corrected chi connectivity index (χ3v) is 3.59. The van der Waals surface area contributed by atoms with Crippen LogP contribution in [0.5, 0.6) is 0 Å². The lowest BCUT2D eigenvalue weighted by atomic mass is 9.87. The Kier molecular flexibility index (Phi) is 5.03. The number of aliphatic hydroxyl groups is 1. The number of benzene rings is 1. The number of hydrogen-bond acceptors (Lipinski definition) is 2. The highest BCUT2D eigenvalue weighted by molar-refractivity contribution is 5.89. The molecule has 106 valence electrons. The molecular weight excluding hydrogens is 252 g/mol. The van der Waals surface area contributed by atoms with Crippen molar-refractivity contribution in [1.29, 1.82) is 0 Å². The number of aliphatic hydroxyl groups excluding tert-OH is 1. The summed E-state index contributed by atoms with van der Waals surface area (Å²) < 4.78 is 0. The number of terminal acetylenes is 1. The smallest absolute Gasteiger partial charge is 0.319 e. The minimum Gasteiger partial charge on any atom is -0.393 e. The molecule has 1 saturated carbocycles. The van der Waals surface area contributed by atoms with Gasteiger partial charge in [0.2, 0.25) is 0 Å². The fourth-order valence-electron chi connectivity index (χ4n) is 2.55. The Morgan fingerprint density at radius 3 is 3.05 bits per heavy atom. The van der Waals surface area contributed by atoms with Gasteiger partial charge in [0.05, 0.1) is 6.10 Å². The van der Waals surface area contributed by atoms with Gasteiger partial charge in [-0.2, -0.15) is 0 Å².